The first kappa shape index (κ1) is 16.0. The number of piperidine rings is 1. The van der Waals surface area contributed by atoms with Gasteiger partial charge in [-0.15, -0.1) is 0 Å². The van der Waals surface area contributed by atoms with Crippen LogP contribution >= 0.6 is 0 Å². The van der Waals surface area contributed by atoms with E-state index in [9.17, 15) is 9.59 Å². The van der Waals surface area contributed by atoms with Crippen molar-refractivity contribution in [3.63, 3.8) is 0 Å². The number of nitrogens with one attached hydrogen (secondary N) is 1. The van der Waals surface area contributed by atoms with Gasteiger partial charge in [0.1, 0.15) is 0 Å². The van der Waals surface area contributed by atoms with Gasteiger partial charge in [0.25, 0.3) is 0 Å². The number of hydrogen-bond acceptors (Lipinski definition) is 3. The Morgan fingerprint density at radius 3 is 2.78 bits per heavy atom. The van der Waals surface area contributed by atoms with E-state index >= 15 is 0 Å². The van der Waals surface area contributed by atoms with Gasteiger partial charge in [0.15, 0.2) is 0 Å². The minimum absolute atomic E-state index is 0.0556. The smallest absolute Gasteiger partial charge is 0.225 e. The third kappa shape index (κ3) is 3.71. The second-order valence-corrected chi connectivity index (χ2v) is 6.94. The molecule has 0 aromatic carbocycles. The van der Waals surface area contributed by atoms with Gasteiger partial charge in [-0.05, 0) is 37.3 Å². The number of pyridine rings is 1. The maximum atomic E-state index is 12.5. The van der Waals surface area contributed by atoms with Crippen LogP contribution in [0.2, 0.25) is 0 Å². The van der Waals surface area contributed by atoms with Crippen LogP contribution in [0.4, 0.5) is 0 Å². The van der Waals surface area contributed by atoms with E-state index in [0.717, 1.165) is 31.5 Å². The van der Waals surface area contributed by atoms with Crippen molar-refractivity contribution in [2.45, 2.75) is 39.2 Å². The highest BCUT2D eigenvalue weighted by Crippen LogP contribution is 2.40. The number of hydrogen-bond donors (Lipinski definition) is 1. The Bertz CT molecular complexity index is 575. The lowest BCUT2D eigenvalue weighted by Crippen LogP contribution is -2.45. The van der Waals surface area contributed by atoms with E-state index < -0.39 is 0 Å². The zero-order valence-electron chi connectivity index (χ0n) is 13.9. The largest absolute Gasteiger partial charge is 0.348 e. The molecular formula is C18H25N3O2. The SMILES string of the molecule is CC(=O)N[C@H](c1ccccn1)[C@@H]1CCCN(C(=O)[C@H]2C[C@@H]2C)C1. The lowest BCUT2D eigenvalue weighted by atomic mass is 9.88. The zero-order chi connectivity index (χ0) is 16.4. The number of carbonyl (C=O) groups is 2. The average Bonchev–Trinajstić information content (AvgIpc) is 3.29. The van der Waals surface area contributed by atoms with E-state index in [-0.39, 0.29) is 23.8 Å². The topological polar surface area (TPSA) is 62.3 Å². The van der Waals surface area contributed by atoms with E-state index in [1.54, 1.807) is 6.20 Å². The second-order valence-electron chi connectivity index (χ2n) is 6.94. The summed E-state index contributed by atoms with van der Waals surface area (Å²) in [5.74, 6) is 1.22. The van der Waals surface area contributed by atoms with Gasteiger partial charge in [-0.3, -0.25) is 14.6 Å². The number of amides is 2. The van der Waals surface area contributed by atoms with Crippen molar-refractivity contribution in [2.75, 3.05) is 13.1 Å². The Morgan fingerprint density at radius 1 is 1.39 bits per heavy atom. The van der Waals surface area contributed by atoms with Crippen molar-refractivity contribution in [1.82, 2.24) is 15.2 Å². The molecule has 1 saturated carbocycles. The standard InChI is InChI=1S/C18H25N3O2/c1-12-10-15(12)18(23)21-9-5-6-14(11-21)17(20-13(2)22)16-7-3-4-8-19-16/h3-4,7-8,12,14-15,17H,5-6,9-11H2,1-2H3,(H,20,22)/t12-,14+,15-,17-/m0/s1. The molecule has 0 spiro atoms. The first-order valence-electron chi connectivity index (χ1n) is 8.53. The lowest BCUT2D eigenvalue weighted by Gasteiger charge is -2.37. The molecule has 2 heterocycles. The number of carbonyl (C=O) groups excluding carboxylic acids is 2. The summed E-state index contributed by atoms with van der Waals surface area (Å²) in [6, 6.07) is 5.64. The van der Waals surface area contributed by atoms with Crippen LogP contribution < -0.4 is 5.32 Å². The molecule has 3 rings (SSSR count). The van der Waals surface area contributed by atoms with Crippen LogP contribution in [0.5, 0.6) is 0 Å². The third-order valence-corrected chi connectivity index (χ3v) is 5.03. The fraction of sp³-hybridized carbons (Fsp3) is 0.611. The summed E-state index contributed by atoms with van der Waals surface area (Å²) >= 11 is 0. The summed E-state index contributed by atoms with van der Waals surface area (Å²) in [4.78, 5) is 30.6. The van der Waals surface area contributed by atoms with Gasteiger partial charge in [0.05, 0.1) is 11.7 Å². The maximum Gasteiger partial charge on any atom is 0.225 e. The van der Waals surface area contributed by atoms with Crippen molar-refractivity contribution in [3.8, 4) is 0 Å². The molecule has 2 fully saturated rings. The van der Waals surface area contributed by atoms with Gasteiger partial charge in [-0.2, -0.15) is 0 Å². The molecule has 1 N–H and O–H groups in total. The van der Waals surface area contributed by atoms with Gasteiger partial charge in [0, 0.05) is 38.0 Å². The van der Waals surface area contributed by atoms with E-state index in [1.165, 1.54) is 6.92 Å². The molecule has 1 aliphatic carbocycles. The van der Waals surface area contributed by atoms with Gasteiger partial charge in [0.2, 0.25) is 11.8 Å². The molecule has 124 valence electrons. The molecule has 0 unspecified atom stereocenters. The lowest BCUT2D eigenvalue weighted by molar-refractivity contribution is -0.135. The van der Waals surface area contributed by atoms with Gasteiger partial charge < -0.3 is 10.2 Å². The predicted molar refractivity (Wildman–Crippen MR) is 87.4 cm³/mol. The molecule has 1 saturated heterocycles. The number of aromatic nitrogens is 1. The van der Waals surface area contributed by atoms with Crippen LogP contribution in [0.15, 0.2) is 24.4 Å². The monoisotopic (exact) mass is 315 g/mol. The summed E-state index contributed by atoms with van der Waals surface area (Å²) in [7, 11) is 0. The summed E-state index contributed by atoms with van der Waals surface area (Å²) in [5, 5.41) is 3.04. The van der Waals surface area contributed by atoms with Crippen LogP contribution in [0.1, 0.15) is 44.8 Å². The van der Waals surface area contributed by atoms with Crippen molar-refractivity contribution >= 4 is 11.8 Å². The summed E-state index contributed by atoms with van der Waals surface area (Å²) in [6.07, 6.45) is 4.77. The van der Waals surface area contributed by atoms with Crippen molar-refractivity contribution in [2.24, 2.45) is 17.8 Å². The Morgan fingerprint density at radius 2 is 2.17 bits per heavy atom. The van der Waals surface area contributed by atoms with E-state index in [2.05, 4.69) is 17.2 Å². The third-order valence-electron chi connectivity index (χ3n) is 5.03. The van der Waals surface area contributed by atoms with E-state index in [0.29, 0.717) is 18.4 Å². The zero-order valence-corrected chi connectivity index (χ0v) is 13.9. The highest BCUT2D eigenvalue weighted by molar-refractivity contribution is 5.81. The van der Waals surface area contributed by atoms with Crippen molar-refractivity contribution in [1.29, 1.82) is 0 Å². The Hall–Kier alpha value is -1.91. The predicted octanol–water partition coefficient (Wildman–Crippen LogP) is 2.15. The number of likely N-dealkylation sites (tertiary alicyclic amines) is 1. The van der Waals surface area contributed by atoms with E-state index in [1.807, 2.05) is 23.1 Å². The average molecular weight is 315 g/mol. The molecule has 2 amide bonds. The minimum Gasteiger partial charge on any atom is -0.348 e. The Labute approximate surface area is 137 Å². The summed E-state index contributed by atoms with van der Waals surface area (Å²) in [5.41, 5.74) is 0.877. The first-order chi connectivity index (χ1) is 11.1. The summed E-state index contributed by atoms with van der Waals surface area (Å²) < 4.78 is 0. The quantitative estimate of drug-likeness (QED) is 0.926. The van der Waals surface area contributed by atoms with Gasteiger partial charge in [-0.1, -0.05) is 13.0 Å². The normalized spacial score (nSPS) is 28.1. The molecule has 2 aliphatic rings. The maximum absolute atomic E-state index is 12.5. The van der Waals surface area contributed by atoms with Crippen LogP contribution in [0, 0.1) is 17.8 Å². The van der Waals surface area contributed by atoms with Gasteiger partial charge in [-0.25, -0.2) is 0 Å². The van der Waals surface area contributed by atoms with Crippen LogP contribution in [0.3, 0.4) is 0 Å². The molecule has 0 bridgehead atoms. The van der Waals surface area contributed by atoms with Gasteiger partial charge >= 0.3 is 0 Å². The van der Waals surface area contributed by atoms with Crippen LogP contribution in [0.25, 0.3) is 0 Å². The molecule has 5 nitrogen and oxygen atoms in total. The fourth-order valence-electron chi connectivity index (χ4n) is 3.60. The second kappa shape index (κ2) is 6.69. The number of nitrogens with zero attached hydrogens (tertiary/aromatic N) is 2. The van der Waals surface area contributed by atoms with Crippen LogP contribution in [-0.2, 0) is 9.59 Å². The van der Waals surface area contributed by atoms with Crippen LogP contribution in [-0.4, -0.2) is 34.8 Å². The minimum atomic E-state index is -0.124. The molecule has 5 heteroatoms. The summed E-state index contributed by atoms with van der Waals surface area (Å²) in [6.45, 7) is 5.22. The highest BCUT2D eigenvalue weighted by atomic mass is 16.2. The van der Waals surface area contributed by atoms with Crippen molar-refractivity contribution < 1.29 is 9.59 Å². The molecule has 1 aromatic rings. The Kier molecular flexibility index (Phi) is 4.64. The molecular weight excluding hydrogens is 290 g/mol. The molecule has 23 heavy (non-hydrogen) atoms. The molecule has 1 aliphatic heterocycles. The number of rotatable bonds is 4. The molecule has 1 aromatic heterocycles. The highest BCUT2D eigenvalue weighted by Gasteiger charge is 2.43. The fourth-order valence-corrected chi connectivity index (χ4v) is 3.60. The van der Waals surface area contributed by atoms with E-state index in [4.69, 9.17) is 0 Å². The molecule has 4 atom stereocenters. The Balaban J connectivity index is 1.73. The molecule has 0 radical (unpaired) electrons. The van der Waals surface area contributed by atoms with Crippen molar-refractivity contribution in [3.05, 3.63) is 30.1 Å². The first-order valence-corrected chi connectivity index (χ1v) is 8.53.